The van der Waals surface area contributed by atoms with Crippen LogP contribution in [0.3, 0.4) is 0 Å². The number of rotatable bonds is 4. The minimum Gasteiger partial charge on any atom is -0.497 e. The zero-order valence-electron chi connectivity index (χ0n) is 16.1. The molecule has 1 unspecified atom stereocenters. The Morgan fingerprint density at radius 1 is 1.00 bits per heavy atom. The van der Waals surface area contributed by atoms with Gasteiger partial charge in [0, 0.05) is 16.3 Å². The maximum Gasteiger partial charge on any atom is 0.420 e. The number of hydrogen-bond donors (Lipinski definition) is 0. The summed E-state index contributed by atoms with van der Waals surface area (Å²) >= 11 is 6.06. The number of nitrogens with zero attached hydrogens (tertiary/aromatic N) is 2. The number of ether oxygens (including phenoxy) is 2. The minimum absolute atomic E-state index is 0.409. The van der Waals surface area contributed by atoms with Crippen LogP contribution in [0.4, 0.5) is 10.5 Å². The molecule has 1 aliphatic rings. The second kappa shape index (κ2) is 8.32. The number of methoxy groups -OCH3 is 1. The Labute approximate surface area is 179 Å². The van der Waals surface area contributed by atoms with Gasteiger partial charge in [-0.05, 0) is 72.3 Å². The molecule has 0 bridgehead atoms. The van der Waals surface area contributed by atoms with Crippen LogP contribution in [0.25, 0.3) is 5.76 Å². The van der Waals surface area contributed by atoms with Gasteiger partial charge in [0.25, 0.3) is 0 Å². The predicted molar refractivity (Wildman–Crippen MR) is 115 cm³/mol. The largest absolute Gasteiger partial charge is 0.497 e. The lowest BCUT2D eigenvalue weighted by Gasteiger charge is -2.34. The van der Waals surface area contributed by atoms with E-state index in [-0.39, 0.29) is 0 Å². The second-order valence-corrected chi connectivity index (χ2v) is 7.09. The smallest absolute Gasteiger partial charge is 0.420 e. The summed E-state index contributed by atoms with van der Waals surface area (Å²) in [5, 5.41) is 9.67. The lowest BCUT2D eigenvalue weighted by atomic mass is 10.0. The van der Waals surface area contributed by atoms with Gasteiger partial charge in [0.1, 0.15) is 11.5 Å². The Morgan fingerprint density at radius 2 is 1.67 bits per heavy atom. The van der Waals surface area contributed by atoms with Crippen molar-refractivity contribution in [2.75, 3.05) is 12.0 Å². The molecule has 0 saturated carbocycles. The van der Waals surface area contributed by atoms with E-state index in [2.05, 4.69) is 6.07 Å². The summed E-state index contributed by atoms with van der Waals surface area (Å²) in [6.45, 7) is 0. The third-order valence-corrected chi connectivity index (χ3v) is 5.09. The summed E-state index contributed by atoms with van der Waals surface area (Å²) < 4.78 is 10.9. The molecule has 148 valence electrons. The summed E-state index contributed by atoms with van der Waals surface area (Å²) in [6, 6.07) is 23.1. The van der Waals surface area contributed by atoms with Crippen LogP contribution in [0.15, 0.2) is 78.9 Å². The van der Waals surface area contributed by atoms with Gasteiger partial charge in [-0.3, -0.25) is 4.90 Å². The molecule has 3 aromatic carbocycles. The number of benzene rings is 3. The van der Waals surface area contributed by atoms with Crippen LogP contribution in [0, 0.1) is 11.3 Å². The monoisotopic (exact) mass is 416 g/mol. The van der Waals surface area contributed by atoms with Crippen molar-refractivity contribution in [1.82, 2.24) is 0 Å². The first-order valence-corrected chi connectivity index (χ1v) is 9.60. The molecule has 1 atom stereocenters. The van der Waals surface area contributed by atoms with E-state index < -0.39 is 12.1 Å². The minimum atomic E-state index is -0.507. The Bertz CT molecular complexity index is 1130. The quantitative estimate of drug-likeness (QED) is 0.526. The van der Waals surface area contributed by atoms with Gasteiger partial charge in [-0.15, -0.1) is 0 Å². The van der Waals surface area contributed by atoms with Gasteiger partial charge >= 0.3 is 6.09 Å². The van der Waals surface area contributed by atoms with Crippen molar-refractivity contribution in [3.8, 4) is 11.8 Å². The molecular weight excluding hydrogens is 400 g/mol. The molecule has 3 aromatic rings. The molecule has 0 radical (unpaired) electrons. The summed E-state index contributed by atoms with van der Waals surface area (Å²) in [4.78, 5) is 14.6. The molecule has 1 amide bonds. The van der Waals surface area contributed by atoms with E-state index in [9.17, 15) is 4.79 Å². The van der Waals surface area contributed by atoms with Crippen LogP contribution in [-0.2, 0) is 4.74 Å². The Kier molecular flexibility index (Phi) is 5.42. The molecule has 1 aliphatic heterocycles. The third kappa shape index (κ3) is 3.86. The van der Waals surface area contributed by atoms with E-state index >= 15 is 0 Å². The standard InChI is InChI=1S/C24H17ClN2O3/c1-29-21-12-6-18(7-13-21)23-14-22(17-4-8-19(25)9-5-17)27(24(28)30-23)20-10-2-16(15-26)3-11-20/h2-14,22H,1H3. The number of halogens is 1. The average Bonchev–Trinajstić information content (AvgIpc) is 2.79. The molecule has 0 aromatic heterocycles. The van der Waals surface area contributed by atoms with E-state index in [0.29, 0.717) is 22.0 Å². The fourth-order valence-electron chi connectivity index (χ4n) is 3.29. The summed E-state index contributed by atoms with van der Waals surface area (Å²) in [5.41, 5.74) is 2.79. The normalized spacial score (nSPS) is 15.8. The van der Waals surface area contributed by atoms with Crippen molar-refractivity contribution in [3.05, 3.63) is 101 Å². The first-order chi connectivity index (χ1) is 14.6. The van der Waals surface area contributed by atoms with Crippen LogP contribution in [0.2, 0.25) is 5.02 Å². The van der Waals surface area contributed by atoms with Crippen LogP contribution >= 0.6 is 11.6 Å². The number of hydrogen-bond acceptors (Lipinski definition) is 4. The number of carbonyl (C=O) groups is 1. The summed E-state index contributed by atoms with van der Waals surface area (Å²) in [5.74, 6) is 1.18. The third-order valence-electron chi connectivity index (χ3n) is 4.84. The SMILES string of the molecule is COc1ccc(C2=CC(c3ccc(Cl)cc3)N(c3ccc(C#N)cc3)C(=O)O2)cc1. The highest BCUT2D eigenvalue weighted by atomic mass is 35.5. The fraction of sp³-hybridized carbons (Fsp3) is 0.0833. The molecule has 0 aliphatic carbocycles. The number of cyclic esters (lactones) is 1. The highest BCUT2D eigenvalue weighted by Crippen LogP contribution is 2.37. The molecule has 0 spiro atoms. The fourth-order valence-corrected chi connectivity index (χ4v) is 3.41. The first-order valence-electron chi connectivity index (χ1n) is 9.22. The van der Waals surface area contributed by atoms with Gasteiger partial charge < -0.3 is 9.47 Å². The van der Waals surface area contributed by atoms with E-state index in [1.165, 1.54) is 0 Å². The van der Waals surface area contributed by atoms with Crippen LogP contribution in [0.1, 0.15) is 22.7 Å². The Hall–Kier alpha value is -3.75. The molecule has 5 nitrogen and oxygen atoms in total. The van der Waals surface area contributed by atoms with E-state index in [1.54, 1.807) is 48.4 Å². The molecule has 0 saturated heterocycles. The van der Waals surface area contributed by atoms with E-state index in [1.807, 2.05) is 42.5 Å². The molecular formula is C24H17ClN2O3. The number of carbonyl (C=O) groups excluding carboxylic acids is 1. The molecule has 0 fully saturated rings. The van der Waals surface area contributed by atoms with Gasteiger partial charge in [-0.25, -0.2) is 4.79 Å². The molecule has 4 rings (SSSR count). The van der Waals surface area contributed by atoms with Crippen molar-refractivity contribution in [2.45, 2.75) is 6.04 Å². The lowest BCUT2D eigenvalue weighted by molar-refractivity contribution is 0.194. The van der Waals surface area contributed by atoms with Gasteiger partial charge in [-0.2, -0.15) is 5.26 Å². The summed E-state index contributed by atoms with van der Waals surface area (Å²) in [7, 11) is 1.60. The van der Waals surface area contributed by atoms with Crippen molar-refractivity contribution >= 4 is 29.1 Å². The van der Waals surface area contributed by atoms with Gasteiger partial charge in [0.15, 0.2) is 0 Å². The highest BCUT2D eigenvalue weighted by Gasteiger charge is 2.33. The topological polar surface area (TPSA) is 62.6 Å². The molecule has 0 N–H and O–H groups in total. The first kappa shape index (κ1) is 19.6. The van der Waals surface area contributed by atoms with Crippen molar-refractivity contribution < 1.29 is 14.3 Å². The van der Waals surface area contributed by atoms with Gasteiger partial charge in [0.05, 0.1) is 24.8 Å². The average molecular weight is 417 g/mol. The van der Waals surface area contributed by atoms with Crippen LogP contribution < -0.4 is 9.64 Å². The lowest BCUT2D eigenvalue weighted by Crippen LogP contribution is -2.37. The van der Waals surface area contributed by atoms with Crippen molar-refractivity contribution in [3.63, 3.8) is 0 Å². The van der Waals surface area contributed by atoms with Crippen molar-refractivity contribution in [1.29, 1.82) is 5.26 Å². The molecule has 6 heteroatoms. The van der Waals surface area contributed by atoms with Crippen LogP contribution in [0.5, 0.6) is 5.75 Å². The highest BCUT2D eigenvalue weighted by molar-refractivity contribution is 6.30. The maximum absolute atomic E-state index is 13.1. The Balaban J connectivity index is 1.79. The summed E-state index contributed by atoms with van der Waals surface area (Å²) in [6.07, 6.45) is 1.39. The van der Waals surface area contributed by atoms with Gasteiger partial charge in [-0.1, -0.05) is 23.7 Å². The molecule has 1 heterocycles. The van der Waals surface area contributed by atoms with Gasteiger partial charge in [0.2, 0.25) is 0 Å². The van der Waals surface area contributed by atoms with E-state index in [0.717, 1.165) is 16.9 Å². The Morgan fingerprint density at radius 3 is 2.27 bits per heavy atom. The maximum atomic E-state index is 13.1. The number of anilines is 1. The van der Waals surface area contributed by atoms with Crippen molar-refractivity contribution in [2.24, 2.45) is 0 Å². The predicted octanol–water partition coefficient (Wildman–Crippen LogP) is 5.96. The van der Waals surface area contributed by atoms with Crippen LogP contribution in [-0.4, -0.2) is 13.2 Å². The number of amides is 1. The second-order valence-electron chi connectivity index (χ2n) is 6.65. The van der Waals surface area contributed by atoms with E-state index in [4.69, 9.17) is 26.3 Å². The zero-order valence-corrected chi connectivity index (χ0v) is 16.8. The molecule has 30 heavy (non-hydrogen) atoms. The number of nitriles is 1. The zero-order chi connectivity index (χ0) is 21.1.